The molecule has 2 saturated heterocycles. The third-order valence-corrected chi connectivity index (χ3v) is 6.53. The van der Waals surface area contributed by atoms with E-state index in [0.717, 1.165) is 0 Å². The Morgan fingerprint density at radius 3 is 2.35 bits per heavy atom. The molecule has 0 aliphatic carbocycles. The number of carbonyl (C=O) groups is 1. The number of alkyl halides is 2. The van der Waals surface area contributed by atoms with Gasteiger partial charge in [-0.15, -0.1) is 0 Å². The van der Waals surface area contributed by atoms with Gasteiger partial charge in [-0.2, -0.15) is 9.97 Å². The second-order valence-electron chi connectivity index (χ2n) is 8.85. The molecule has 0 unspecified atom stereocenters. The fraction of sp³-hybridized carbons (Fsp3) is 0.500. The van der Waals surface area contributed by atoms with Gasteiger partial charge in [-0.05, 0) is 12.1 Å². The monoisotopic (exact) mass is 516 g/mol. The van der Waals surface area contributed by atoms with Crippen molar-refractivity contribution in [3.05, 3.63) is 36.2 Å². The molecule has 2 N–H and O–H groups in total. The van der Waals surface area contributed by atoms with Crippen molar-refractivity contribution in [3.63, 3.8) is 0 Å². The Bertz CT molecular complexity index is 1230. The van der Waals surface area contributed by atoms with Crippen LogP contribution in [-0.2, 0) is 9.53 Å². The zero-order valence-electron chi connectivity index (χ0n) is 20.4. The van der Waals surface area contributed by atoms with Crippen LogP contribution in [0, 0.1) is 0 Å². The first-order valence-electron chi connectivity index (χ1n) is 12.4. The average molecular weight is 517 g/mol. The SMILES string of the molecule is O=C(CNCCO)N1CCN(c2cc(N3CCOCC3)nc(-n3c(C(F)F)nc4ccccc43)n2)CC1. The molecule has 11 nitrogen and oxygen atoms in total. The molecule has 4 heterocycles. The minimum atomic E-state index is -2.81. The van der Waals surface area contributed by atoms with Crippen molar-refractivity contribution in [2.45, 2.75) is 6.43 Å². The summed E-state index contributed by atoms with van der Waals surface area (Å²) in [6, 6.07) is 8.82. The van der Waals surface area contributed by atoms with Gasteiger partial charge in [0.2, 0.25) is 11.9 Å². The number of para-hydroxylation sites is 2. The maximum atomic E-state index is 14.1. The molecule has 2 fully saturated rings. The number of hydrogen-bond donors (Lipinski definition) is 2. The van der Waals surface area contributed by atoms with E-state index < -0.39 is 12.2 Å². The maximum Gasteiger partial charge on any atom is 0.296 e. The smallest absolute Gasteiger partial charge is 0.296 e. The highest BCUT2D eigenvalue weighted by Crippen LogP contribution is 2.29. The van der Waals surface area contributed by atoms with Crippen LogP contribution in [0.1, 0.15) is 12.2 Å². The van der Waals surface area contributed by atoms with E-state index in [9.17, 15) is 13.6 Å². The zero-order chi connectivity index (χ0) is 25.8. The van der Waals surface area contributed by atoms with Crippen LogP contribution in [0.25, 0.3) is 17.0 Å². The number of hydrogen-bond acceptors (Lipinski definition) is 9. The summed E-state index contributed by atoms with van der Waals surface area (Å²) in [7, 11) is 0. The van der Waals surface area contributed by atoms with Gasteiger partial charge in [-0.25, -0.2) is 13.8 Å². The van der Waals surface area contributed by atoms with Gasteiger partial charge in [-0.1, -0.05) is 12.1 Å². The molecule has 1 amide bonds. The number of aliphatic hydroxyl groups excluding tert-OH is 1. The lowest BCUT2D eigenvalue weighted by molar-refractivity contribution is -0.130. The van der Waals surface area contributed by atoms with Crippen LogP contribution < -0.4 is 15.1 Å². The van der Waals surface area contributed by atoms with Gasteiger partial charge in [0.25, 0.3) is 6.43 Å². The lowest BCUT2D eigenvalue weighted by Crippen LogP contribution is -2.51. The molecule has 1 aromatic carbocycles. The number of fused-ring (bicyclic) bond motifs is 1. The highest BCUT2D eigenvalue weighted by molar-refractivity contribution is 5.79. The number of aliphatic hydroxyl groups is 1. The van der Waals surface area contributed by atoms with E-state index in [-0.39, 0.29) is 25.0 Å². The predicted molar refractivity (Wildman–Crippen MR) is 133 cm³/mol. The average Bonchev–Trinajstić information content (AvgIpc) is 3.34. The van der Waals surface area contributed by atoms with Gasteiger partial charge in [0.15, 0.2) is 5.82 Å². The van der Waals surface area contributed by atoms with E-state index in [2.05, 4.69) is 15.2 Å². The standard InChI is InChI=1S/C24H30F2N8O3/c25-22(26)23-28-17-3-1-2-4-18(17)34(23)24-29-19(15-20(30-24)32-10-13-37-14-11-32)31-6-8-33(9-7-31)21(36)16-27-5-12-35/h1-4,15,22,27,35H,5-14,16H2. The summed E-state index contributed by atoms with van der Waals surface area (Å²) in [6.07, 6.45) is -2.81. The van der Waals surface area contributed by atoms with Crippen LogP contribution in [0.3, 0.4) is 0 Å². The molecule has 3 aromatic rings. The molecule has 0 bridgehead atoms. The first-order chi connectivity index (χ1) is 18.0. The Hall–Kier alpha value is -3.42. The lowest BCUT2D eigenvalue weighted by atomic mass is 10.3. The molecular formula is C24H30F2N8O3. The van der Waals surface area contributed by atoms with Gasteiger partial charge >= 0.3 is 0 Å². The Morgan fingerprint density at radius 2 is 1.68 bits per heavy atom. The number of morpholine rings is 1. The second-order valence-corrected chi connectivity index (χ2v) is 8.85. The molecule has 198 valence electrons. The molecule has 2 aliphatic rings. The Kier molecular flexibility index (Phi) is 7.72. The number of nitrogens with zero attached hydrogens (tertiary/aromatic N) is 7. The van der Waals surface area contributed by atoms with Crippen molar-refractivity contribution in [1.82, 2.24) is 29.7 Å². The normalized spacial score (nSPS) is 16.7. The van der Waals surface area contributed by atoms with Gasteiger partial charge in [0, 0.05) is 51.9 Å². The van der Waals surface area contributed by atoms with Crippen molar-refractivity contribution in [3.8, 4) is 5.95 Å². The highest BCUT2D eigenvalue weighted by Gasteiger charge is 2.26. The number of rotatable bonds is 8. The summed E-state index contributed by atoms with van der Waals surface area (Å²) < 4.78 is 34.9. The molecule has 0 spiro atoms. The van der Waals surface area contributed by atoms with Crippen molar-refractivity contribution in [1.29, 1.82) is 0 Å². The molecule has 37 heavy (non-hydrogen) atoms. The minimum absolute atomic E-state index is 0.0257. The molecule has 0 atom stereocenters. The van der Waals surface area contributed by atoms with Crippen LogP contribution in [0.2, 0.25) is 0 Å². The number of benzene rings is 1. The minimum Gasteiger partial charge on any atom is -0.395 e. The van der Waals surface area contributed by atoms with Gasteiger partial charge in [0.1, 0.15) is 11.6 Å². The van der Waals surface area contributed by atoms with Gasteiger partial charge < -0.3 is 29.9 Å². The summed E-state index contributed by atoms with van der Waals surface area (Å²) >= 11 is 0. The number of ether oxygens (including phenoxy) is 1. The van der Waals surface area contributed by atoms with Gasteiger partial charge in [0.05, 0.1) is 37.4 Å². The number of imidazole rings is 1. The van der Waals surface area contributed by atoms with Crippen molar-refractivity contribution in [2.75, 3.05) is 82.0 Å². The molecule has 0 radical (unpaired) electrons. The second kappa shape index (κ2) is 11.3. The maximum absolute atomic E-state index is 14.1. The van der Waals surface area contributed by atoms with E-state index in [4.69, 9.17) is 19.8 Å². The number of amides is 1. The van der Waals surface area contributed by atoms with E-state index in [1.165, 1.54) is 4.57 Å². The number of piperazine rings is 1. The Labute approximate surface area is 212 Å². The Balaban J connectivity index is 1.47. The van der Waals surface area contributed by atoms with E-state index >= 15 is 0 Å². The topological polar surface area (TPSA) is 112 Å². The third kappa shape index (κ3) is 5.48. The molecule has 5 rings (SSSR count). The van der Waals surface area contributed by atoms with Crippen molar-refractivity contribution < 1.29 is 23.4 Å². The summed E-state index contributed by atoms with van der Waals surface area (Å²) in [5.41, 5.74) is 0.954. The number of anilines is 2. The first kappa shape index (κ1) is 25.2. The van der Waals surface area contributed by atoms with E-state index in [1.807, 2.05) is 11.0 Å². The third-order valence-electron chi connectivity index (χ3n) is 6.53. The molecule has 0 saturated carbocycles. The molecule has 2 aromatic heterocycles. The summed E-state index contributed by atoms with van der Waals surface area (Å²) in [4.78, 5) is 31.9. The number of halogens is 2. The number of carbonyl (C=O) groups excluding carboxylic acids is 1. The summed E-state index contributed by atoms with van der Waals surface area (Å²) in [6.45, 7) is 4.95. The van der Waals surface area contributed by atoms with E-state index in [1.54, 1.807) is 29.2 Å². The molecule has 13 heteroatoms. The van der Waals surface area contributed by atoms with Crippen LogP contribution in [0.15, 0.2) is 30.3 Å². The largest absolute Gasteiger partial charge is 0.395 e. The van der Waals surface area contributed by atoms with Crippen molar-refractivity contribution >= 4 is 28.6 Å². The quantitative estimate of drug-likeness (QED) is 0.421. The number of aromatic nitrogens is 4. The fourth-order valence-corrected chi connectivity index (χ4v) is 4.60. The predicted octanol–water partition coefficient (Wildman–Crippen LogP) is 0.820. The highest BCUT2D eigenvalue weighted by atomic mass is 19.3. The fourth-order valence-electron chi connectivity index (χ4n) is 4.60. The van der Waals surface area contributed by atoms with Crippen molar-refractivity contribution in [2.24, 2.45) is 0 Å². The van der Waals surface area contributed by atoms with E-state index in [0.29, 0.717) is 81.7 Å². The zero-order valence-corrected chi connectivity index (χ0v) is 20.4. The van der Waals surface area contributed by atoms with Gasteiger partial charge in [-0.3, -0.25) is 9.36 Å². The van der Waals surface area contributed by atoms with Crippen LogP contribution in [0.4, 0.5) is 20.4 Å². The summed E-state index contributed by atoms with van der Waals surface area (Å²) in [5.74, 6) is 0.937. The summed E-state index contributed by atoms with van der Waals surface area (Å²) in [5, 5.41) is 11.8. The van der Waals surface area contributed by atoms with Crippen LogP contribution in [-0.4, -0.2) is 108 Å². The Morgan fingerprint density at radius 1 is 1.00 bits per heavy atom. The molecular weight excluding hydrogens is 486 g/mol. The van der Waals surface area contributed by atoms with Crippen LogP contribution in [0.5, 0.6) is 0 Å². The molecule has 2 aliphatic heterocycles. The number of nitrogens with one attached hydrogen (secondary N) is 1. The first-order valence-corrected chi connectivity index (χ1v) is 12.4. The lowest BCUT2D eigenvalue weighted by Gasteiger charge is -2.36. The van der Waals surface area contributed by atoms with Crippen LogP contribution >= 0.6 is 0 Å².